The zero-order valence-electron chi connectivity index (χ0n) is 20.1. The summed E-state index contributed by atoms with van der Waals surface area (Å²) in [7, 11) is 0. The summed E-state index contributed by atoms with van der Waals surface area (Å²) in [5.74, 6) is -0.186. The number of likely N-dealkylation sites (tertiary alicyclic amines) is 1. The summed E-state index contributed by atoms with van der Waals surface area (Å²) in [6.07, 6.45) is -0.156. The topological polar surface area (TPSA) is 70.0 Å². The number of carbonyl (C=O) groups is 2. The fourth-order valence-electron chi connectivity index (χ4n) is 4.08. The van der Waals surface area contributed by atoms with Crippen LogP contribution in [-0.2, 0) is 9.47 Å². The fraction of sp³-hybridized carbons (Fsp3) is 0.385. The molecular weight excluding hydrogens is 491 g/mol. The standard InChI is InChI=1S/C26H28Cl2N2O5/c1-5-33-24(31)22-23(34-17-11-12-29(15-17)25(32)35-26(2,3)4)18-13-19(27)20(28)14-21(18)30(22)16-9-7-6-8-10-16/h6-10,13-14,17H,5,11-12,15H2,1-4H3. The van der Waals surface area contributed by atoms with Gasteiger partial charge in [0.25, 0.3) is 0 Å². The van der Waals surface area contributed by atoms with E-state index in [1.54, 1.807) is 28.5 Å². The number of hydrogen-bond acceptors (Lipinski definition) is 5. The number of ether oxygens (including phenoxy) is 3. The second-order valence-electron chi connectivity index (χ2n) is 9.31. The molecule has 0 saturated carbocycles. The molecule has 0 bridgehead atoms. The highest BCUT2D eigenvalue weighted by Gasteiger charge is 2.34. The number of amides is 1. The van der Waals surface area contributed by atoms with Crippen molar-refractivity contribution in [1.29, 1.82) is 0 Å². The Hall–Kier alpha value is -2.90. The second kappa shape index (κ2) is 9.99. The number of nitrogens with zero attached hydrogens (tertiary/aromatic N) is 2. The smallest absolute Gasteiger partial charge is 0.410 e. The Morgan fingerprint density at radius 3 is 2.43 bits per heavy atom. The molecule has 35 heavy (non-hydrogen) atoms. The summed E-state index contributed by atoms with van der Waals surface area (Å²) < 4.78 is 19.1. The van der Waals surface area contributed by atoms with Gasteiger partial charge in [0.05, 0.1) is 28.7 Å². The van der Waals surface area contributed by atoms with Crippen molar-refractivity contribution in [3.8, 4) is 11.4 Å². The molecule has 1 atom stereocenters. The van der Waals surface area contributed by atoms with Crippen LogP contribution in [0.25, 0.3) is 16.6 Å². The van der Waals surface area contributed by atoms with Gasteiger partial charge in [-0.05, 0) is 52.0 Å². The highest BCUT2D eigenvalue weighted by molar-refractivity contribution is 6.43. The van der Waals surface area contributed by atoms with Gasteiger partial charge in [0.15, 0.2) is 11.4 Å². The van der Waals surface area contributed by atoms with Crippen LogP contribution in [0.4, 0.5) is 4.79 Å². The molecule has 9 heteroatoms. The predicted octanol–water partition coefficient (Wildman–Crippen LogP) is 6.50. The van der Waals surface area contributed by atoms with Crippen LogP contribution >= 0.6 is 23.2 Å². The molecular formula is C26H28Cl2N2O5. The van der Waals surface area contributed by atoms with Crippen LogP contribution in [0.3, 0.4) is 0 Å². The van der Waals surface area contributed by atoms with Gasteiger partial charge in [-0.25, -0.2) is 9.59 Å². The molecule has 1 aliphatic heterocycles. The molecule has 0 N–H and O–H groups in total. The Labute approximate surface area is 214 Å². The van der Waals surface area contributed by atoms with Crippen LogP contribution < -0.4 is 4.74 Å². The van der Waals surface area contributed by atoms with Crippen LogP contribution in [0.2, 0.25) is 10.0 Å². The Morgan fingerprint density at radius 1 is 1.09 bits per heavy atom. The van der Waals surface area contributed by atoms with Gasteiger partial charge in [-0.1, -0.05) is 41.4 Å². The summed E-state index contributed by atoms with van der Waals surface area (Å²) >= 11 is 12.7. The van der Waals surface area contributed by atoms with Gasteiger partial charge in [0.1, 0.15) is 11.7 Å². The van der Waals surface area contributed by atoms with Gasteiger partial charge in [0, 0.05) is 24.0 Å². The molecule has 186 valence electrons. The van der Waals surface area contributed by atoms with Crippen molar-refractivity contribution in [1.82, 2.24) is 9.47 Å². The van der Waals surface area contributed by atoms with Crippen molar-refractivity contribution >= 4 is 46.2 Å². The van der Waals surface area contributed by atoms with Crippen LogP contribution in [-0.4, -0.2) is 52.9 Å². The number of fused-ring (bicyclic) bond motifs is 1. The minimum absolute atomic E-state index is 0.200. The third kappa shape index (κ3) is 5.36. The summed E-state index contributed by atoms with van der Waals surface area (Å²) in [5, 5.41) is 1.32. The number of rotatable bonds is 5. The molecule has 0 aliphatic carbocycles. The van der Waals surface area contributed by atoms with Crippen molar-refractivity contribution in [2.45, 2.75) is 45.8 Å². The van der Waals surface area contributed by atoms with Crippen molar-refractivity contribution < 1.29 is 23.8 Å². The lowest BCUT2D eigenvalue weighted by molar-refractivity contribution is 0.0274. The summed E-state index contributed by atoms with van der Waals surface area (Å²) in [6.45, 7) is 8.24. The van der Waals surface area contributed by atoms with Gasteiger partial charge >= 0.3 is 12.1 Å². The monoisotopic (exact) mass is 518 g/mol. The molecule has 1 aromatic heterocycles. The minimum Gasteiger partial charge on any atom is -0.485 e. The van der Waals surface area contributed by atoms with E-state index in [0.717, 1.165) is 5.69 Å². The Morgan fingerprint density at radius 2 is 1.77 bits per heavy atom. The van der Waals surface area contributed by atoms with E-state index < -0.39 is 17.7 Å². The van der Waals surface area contributed by atoms with E-state index in [2.05, 4.69) is 0 Å². The van der Waals surface area contributed by atoms with Gasteiger partial charge in [0.2, 0.25) is 0 Å². The van der Waals surface area contributed by atoms with E-state index in [9.17, 15) is 9.59 Å². The highest BCUT2D eigenvalue weighted by atomic mass is 35.5. The lowest BCUT2D eigenvalue weighted by Crippen LogP contribution is -2.36. The minimum atomic E-state index is -0.591. The number of esters is 1. The van der Waals surface area contributed by atoms with E-state index in [1.165, 1.54) is 0 Å². The third-order valence-electron chi connectivity index (χ3n) is 5.53. The van der Waals surface area contributed by atoms with Crippen molar-refractivity contribution in [3.05, 3.63) is 58.2 Å². The third-order valence-corrected chi connectivity index (χ3v) is 6.25. The van der Waals surface area contributed by atoms with Crippen LogP contribution in [0, 0.1) is 0 Å². The second-order valence-corrected chi connectivity index (χ2v) is 10.1. The zero-order chi connectivity index (χ0) is 25.3. The zero-order valence-corrected chi connectivity index (χ0v) is 21.7. The first-order chi connectivity index (χ1) is 16.6. The SMILES string of the molecule is CCOC(=O)c1c(OC2CCN(C(=O)OC(C)(C)C)C2)c2cc(Cl)c(Cl)cc2n1-c1ccccc1. The molecule has 4 rings (SSSR count). The van der Waals surface area contributed by atoms with Crippen molar-refractivity contribution in [3.63, 3.8) is 0 Å². The number of hydrogen-bond donors (Lipinski definition) is 0. The quantitative estimate of drug-likeness (QED) is 0.360. The number of carbonyl (C=O) groups excluding carboxylic acids is 2. The van der Waals surface area contributed by atoms with Gasteiger partial charge in [-0.2, -0.15) is 0 Å². The average molecular weight is 519 g/mol. The summed E-state index contributed by atoms with van der Waals surface area (Å²) in [6, 6.07) is 12.8. The van der Waals surface area contributed by atoms with Crippen LogP contribution in [0.1, 0.15) is 44.6 Å². The molecule has 2 heterocycles. The number of halogens is 2. The summed E-state index contributed by atoms with van der Waals surface area (Å²) in [5.41, 5.74) is 1.05. The molecule has 1 saturated heterocycles. The van der Waals surface area contributed by atoms with Crippen molar-refractivity contribution in [2.75, 3.05) is 19.7 Å². The van der Waals surface area contributed by atoms with Gasteiger partial charge < -0.3 is 23.7 Å². The average Bonchev–Trinajstić information content (AvgIpc) is 3.37. The number of aromatic nitrogens is 1. The molecule has 1 aliphatic rings. The van der Waals surface area contributed by atoms with Crippen LogP contribution in [0.5, 0.6) is 5.75 Å². The predicted molar refractivity (Wildman–Crippen MR) is 136 cm³/mol. The maximum atomic E-state index is 13.2. The Kier molecular flexibility index (Phi) is 7.20. The molecule has 1 amide bonds. The van der Waals surface area contributed by atoms with Gasteiger partial charge in [-0.15, -0.1) is 0 Å². The summed E-state index contributed by atoms with van der Waals surface area (Å²) in [4.78, 5) is 27.4. The van der Waals surface area contributed by atoms with Crippen molar-refractivity contribution in [2.24, 2.45) is 0 Å². The van der Waals surface area contributed by atoms with Gasteiger partial charge in [-0.3, -0.25) is 0 Å². The Bertz CT molecular complexity index is 1250. The molecule has 2 aromatic carbocycles. The molecule has 0 radical (unpaired) electrons. The first-order valence-corrected chi connectivity index (χ1v) is 12.2. The van der Waals surface area contributed by atoms with E-state index in [0.29, 0.717) is 46.2 Å². The fourth-order valence-corrected chi connectivity index (χ4v) is 4.41. The first-order valence-electron chi connectivity index (χ1n) is 11.5. The van der Waals surface area contributed by atoms with E-state index >= 15 is 0 Å². The number of benzene rings is 2. The normalized spacial score (nSPS) is 15.9. The maximum Gasteiger partial charge on any atom is 0.410 e. The lowest BCUT2D eigenvalue weighted by atomic mass is 10.2. The lowest BCUT2D eigenvalue weighted by Gasteiger charge is -2.24. The molecule has 1 unspecified atom stereocenters. The molecule has 0 spiro atoms. The molecule has 1 fully saturated rings. The maximum absolute atomic E-state index is 13.2. The van der Waals surface area contributed by atoms with E-state index in [4.69, 9.17) is 37.4 Å². The van der Waals surface area contributed by atoms with E-state index in [1.807, 2.05) is 51.1 Å². The number of para-hydroxylation sites is 1. The molecule has 3 aromatic rings. The molecule has 7 nitrogen and oxygen atoms in total. The van der Waals surface area contributed by atoms with E-state index in [-0.39, 0.29) is 18.4 Å². The Balaban J connectivity index is 1.79. The first kappa shape index (κ1) is 25.2. The highest BCUT2D eigenvalue weighted by Crippen LogP contribution is 2.41. The van der Waals surface area contributed by atoms with Crippen LogP contribution in [0.15, 0.2) is 42.5 Å². The largest absolute Gasteiger partial charge is 0.485 e.